The zero-order valence-electron chi connectivity index (χ0n) is 6.96. The zero-order valence-corrected chi connectivity index (χ0v) is 6.96. The lowest BCUT2D eigenvalue weighted by molar-refractivity contribution is 0.312. The van der Waals surface area contributed by atoms with Crippen molar-refractivity contribution in [2.75, 3.05) is 25.7 Å². The summed E-state index contributed by atoms with van der Waals surface area (Å²) in [6.45, 7) is 2.05. The van der Waals surface area contributed by atoms with Gasteiger partial charge in [-0.1, -0.05) is 0 Å². The van der Waals surface area contributed by atoms with Crippen LogP contribution in [0.3, 0.4) is 0 Å². The molecule has 1 N–H and O–H groups in total. The number of anilines is 1. The summed E-state index contributed by atoms with van der Waals surface area (Å²) in [5.74, 6) is 0. The minimum Gasteiger partial charge on any atom is -0.362 e. The highest BCUT2D eigenvalue weighted by molar-refractivity contribution is 5.51. The molecule has 11 heavy (non-hydrogen) atoms. The molecule has 0 atom stereocenters. The van der Waals surface area contributed by atoms with Crippen LogP contribution in [0.5, 0.6) is 0 Å². The van der Waals surface area contributed by atoms with Gasteiger partial charge in [-0.3, -0.25) is 4.90 Å². The number of H-pyrrole nitrogens is 1. The molecule has 0 amide bonds. The third-order valence-electron chi connectivity index (χ3n) is 2.10. The Morgan fingerprint density at radius 1 is 1.45 bits per heavy atom. The molecule has 3 heteroatoms. The summed E-state index contributed by atoms with van der Waals surface area (Å²) in [7, 11) is 4.24. The van der Waals surface area contributed by atoms with Crippen molar-refractivity contribution in [1.82, 2.24) is 9.88 Å². The molecule has 0 unspecified atom stereocenters. The maximum atomic E-state index is 3.24. The average molecular weight is 151 g/mol. The van der Waals surface area contributed by atoms with Crippen molar-refractivity contribution in [3.05, 3.63) is 18.0 Å². The molecule has 1 aliphatic heterocycles. The summed E-state index contributed by atoms with van der Waals surface area (Å²) in [6.07, 6.45) is 2.00. The van der Waals surface area contributed by atoms with Gasteiger partial charge in [0.2, 0.25) is 0 Å². The third-order valence-corrected chi connectivity index (χ3v) is 2.10. The fourth-order valence-corrected chi connectivity index (χ4v) is 1.64. The Labute approximate surface area is 66.6 Å². The van der Waals surface area contributed by atoms with E-state index in [0.29, 0.717) is 0 Å². The molecule has 3 nitrogen and oxygen atoms in total. The van der Waals surface area contributed by atoms with Gasteiger partial charge in [0.05, 0.1) is 18.1 Å². The molecule has 0 fully saturated rings. The van der Waals surface area contributed by atoms with E-state index in [9.17, 15) is 0 Å². The number of fused-ring (bicyclic) bond motifs is 1. The van der Waals surface area contributed by atoms with Crippen molar-refractivity contribution in [1.29, 1.82) is 0 Å². The highest BCUT2D eigenvalue weighted by Gasteiger charge is 2.16. The van der Waals surface area contributed by atoms with E-state index in [4.69, 9.17) is 0 Å². The standard InChI is InChI=1S/C8H13N3/c1-10-5-7-8(3-4-9-7)11(2)6-10/h3-4,9H,5-6H2,1-2H3. The van der Waals surface area contributed by atoms with Crippen molar-refractivity contribution < 1.29 is 0 Å². The summed E-state index contributed by atoms with van der Waals surface area (Å²) in [4.78, 5) is 7.76. The lowest BCUT2D eigenvalue weighted by Gasteiger charge is -2.31. The van der Waals surface area contributed by atoms with Crippen molar-refractivity contribution in [2.45, 2.75) is 6.54 Å². The van der Waals surface area contributed by atoms with Crippen LogP contribution in [0.4, 0.5) is 5.69 Å². The van der Waals surface area contributed by atoms with E-state index in [2.05, 4.69) is 34.9 Å². The summed E-state index contributed by atoms with van der Waals surface area (Å²) < 4.78 is 0. The molecule has 0 saturated carbocycles. The monoisotopic (exact) mass is 151 g/mol. The number of nitrogens with one attached hydrogen (secondary N) is 1. The van der Waals surface area contributed by atoms with Crippen LogP contribution in [-0.4, -0.2) is 30.6 Å². The predicted molar refractivity (Wildman–Crippen MR) is 45.5 cm³/mol. The maximum Gasteiger partial charge on any atom is 0.0705 e. The molecule has 0 radical (unpaired) electrons. The first-order valence-corrected chi connectivity index (χ1v) is 3.83. The van der Waals surface area contributed by atoms with Crippen molar-refractivity contribution in [3.63, 3.8) is 0 Å². The van der Waals surface area contributed by atoms with Crippen LogP contribution < -0.4 is 4.90 Å². The van der Waals surface area contributed by atoms with Gasteiger partial charge in [-0.05, 0) is 13.1 Å². The van der Waals surface area contributed by atoms with Gasteiger partial charge in [0.25, 0.3) is 0 Å². The van der Waals surface area contributed by atoms with Gasteiger partial charge in [0.1, 0.15) is 0 Å². The first-order chi connectivity index (χ1) is 5.27. The van der Waals surface area contributed by atoms with E-state index in [1.807, 2.05) is 6.20 Å². The molecule has 0 aliphatic carbocycles. The topological polar surface area (TPSA) is 22.3 Å². The van der Waals surface area contributed by atoms with Gasteiger partial charge < -0.3 is 9.88 Å². The molecule has 0 bridgehead atoms. The van der Waals surface area contributed by atoms with Crippen LogP contribution >= 0.6 is 0 Å². The van der Waals surface area contributed by atoms with Gasteiger partial charge in [-0.15, -0.1) is 0 Å². The zero-order chi connectivity index (χ0) is 7.84. The third kappa shape index (κ3) is 1.01. The summed E-state index contributed by atoms with van der Waals surface area (Å²) in [5, 5.41) is 0. The van der Waals surface area contributed by atoms with E-state index in [1.54, 1.807) is 0 Å². The maximum absolute atomic E-state index is 3.24. The molecule has 1 aliphatic rings. The second-order valence-electron chi connectivity index (χ2n) is 3.20. The molecule has 0 spiro atoms. The summed E-state index contributed by atoms with van der Waals surface area (Å²) in [6, 6.07) is 2.13. The highest BCUT2D eigenvalue weighted by Crippen LogP contribution is 2.23. The smallest absolute Gasteiger partial charge is 0.0705 e. The number of rotatable bonds is 0. The minimum absolute atomic E-state index is 1.02. The summed E-state index contributed by atoms with van der Waals surface area (Å²) in [5.41, 5.74) is 2.66. The second-order valence-corrected chi connectivity index (χ2v) is 3.20. The SMILES string of the molecule is CN1Cc2[nH]ccc2N(C)C1. The van der Waals surface area contributed by atoms with E-state index >= 15 is 0 Å². The molecule has 2 rings (SSSR count). The lowest BCUT2D eigenvalue weighted by atomic mass is 10.3. The van der Waals surface area contributed by atoms with Crippen molar-refractivity contribution >= 4 is 5.69 Å². The number of hydrogen-bond acceptors (Lipinski definition) is 2. The Morgan fingerprint density at radius 3 is 3.09 bits per heavy atom. The lowest BCUT2D eigenvalue weighted by Crippen LogP contribution is -2.37. The Hall–Kier alpha value is -0.960. The van der Waals surface area contributed by atoms with Gasteiger partial charge >= 0.3 is 0 Å². The van der Waals surface area contributed by atoms with Gasteiger partial charge in [-0.2, -0.15) is 0 Å². The fourth-order valence-electron chi connectivity index (χ4n) is 1.64. The number of nitrogens with zero attached hydrogens (tertiary/aromatic N) is 2. The largest absolute Gasteiger partial charge is 0.362 e. The highest BCUT2D eigenvalue weighted by atomic mass is 15.3. The first kappa shape index (κ1) is 6.73. The van der Waals surface area contributed by atoms with Crippen molar-refractivity contribution in [2.24, 2.45) is 0 Å². The van der Waals surface area contributed by atoms with Gasteiger partial charge in [0.15, 0.2) is 0 Å². The first-order valence-electron chi connectivity index (χ1n) is 3.83. The Kier molecular flexibility index (Phi) is 1.39. The molecule has 1 aromatic heterocycles. The van der Waals surface area contributed by atoms with Crippen LogP contribution in [0, 0.1) is 0 Å². The normalized spacial score (nSPS) is 18.5. The van der Waals surface area contributed by atoms with Crippen LogP contribution in [0.1, 0.15) is 5.69 Å². The Bertz CT molecular complexity index is 254. The molecule has 2 heterocycles. The fraction of sp³-hybridized carbons (Fsp3) is 0.500. The Morgan fingerprint density at radius 2 is 2.27 bits per heavy atom. The van der Waals surface area contributed by atoms with Crippen LogP contribution in [0.15, 0.2) is 12.3 Å². The summed E-state index contributed by atoms with van der Waals surface area (Å²) >= 11 is 0. The molecular formula is C8H13N3. The van der Waals surface area contributed by atoms with E-state index in [0.717, 1.165) is 13.2 Å². The van der Waals surface area contributed by atoms with Crippen molar-refractivity contribution in [3.8, 4) is 0 Å². The predicted octanol–water partition coefficient (Wildman–Crippen LogP) is 0.854. The van der Waals surface area contributed by atoms with Gasteiger partial charge in [0, 0.05) is 19.8 Å². The number of aromatic nitrogens is 1. The van der Waals surface area contributed by atoms with Gasteiger partial charge in [-0.25, -0.2) is 0 Å². The van der Waals surface area contributed by atoms with Crippen LogP contribution in [-0.2, 0) is 6.54 Å². The van der Waals surface area contributed by atoms with E-state index in [-0.39, 0.29) is 0 Å². The van der Waals surface area contributed by atoms with Crippen LogP contribution in [0.25, 0.3) is 0 Å². The molecule has 0 saturated heterocycles. The van der Waals surface area contributed by atoms with E-state index in [1.165, 1.54) is 11.4 Å². The number of hydrogen-bond donors (Lipinski definition) is 1. The molecule has 60 valence electrons. The molecule has 1 aromatic rings. The molecule has 0 aromatic carbocycles. The Balaban J connectivity index is 2.36. The quantitative estimate of drug-likeness (QED) is 0.594. The van der Waals surface area contributed by atoms with Crippen LogP contribution in [0.2, 0.25) is 0 Å². The minimum atomic E-state index is 1.02. The molecular weight excluding hydrogens is 138 g/mol. The number of aromatic amines is 1. The van der Waals surface area contributed by atoms with E-state index < -0.39 is 0 Å². The second kappa shape index (κ2) is 2.27. The average Bonchev–Trinajstić information content (AvgIpc) is 2.34.